The second-order valence-corrected chi connectivity index (χ2v) is 5.33. The fourth-order valence-corrected chi connectivity index (χ4v) is 2.80. The highest BCUT2D eigenvalue weighted by Gasteiger charge is 2.29. The predicted octanol–water partition coefficient (Wildman–Crippen LogP) is 2.27. The largest absolute Gasteiger partial charge is 0.463 e. The number of ether oxygens (including phenoxy) is 1. The average Bonchev–Trinajstić information content (AvgIpc) is 2.95. The number of hydrogen-bond donors (Lipinski definition) is 1. The van der Waals surface area contributed by atoms with Gasteiger partial charge in [0.15, 0.2) is 0 Å². The van der Waals surface area contributed by atoms with Gasteiger partial charge in [-0.2, -0.15) is 0 Å². The molecule has 1 aromatic carbocycles. The predicted molar refractivity (Wildman–Crippen MR) is 79.7 cm³/mol. The number of urea groups is 1. The second kappa shape index (κ2) is 7.11. The van der Waals surface area contributed by atoms with Gasteiger partial charge >= 0.3 is 12.0 Å². The summed E-state index contributed by atoms with van der Waals surface area (Å²) in [5.74, 6) is -0.491. The van der Waals surface area contributed by atoms with E-state index in [4.69, 9.17) is 10.5 Å². The summed E-state index contributed by atoms with van der Waals surface area (Å²) in [6.45, 7) is 2.84. The standard InChI is InChI=1S/C16H22N2O3/c1-2-14(12-7-4-3-5-8-12)15(19)21-11-13-9-6-10-18(13)16(17)20/h3-5,7-8,13-14H,2,6,9-11H2,1H3,(H2,17,20). The average molecular weight is 290 g/mol. The molecule has 114 valence electrons. The lowest BCUT2D eigenvalue weighted by molar-refractivity contribution is -0.146. The molecule has 0 radical (unpaired) electrons. The van der Waals surface area contributed by atoms with Crippen LogP contribution in [0.4, 0.5) is 4.79 Å². The van der Waals surface area contributed by atoms with E-state index in [-0.39, 0.29) is 24.5 Å². The second-order valence-electron chi connectivity index (χ2n) is 5.33. The van der Waals surface area contributed by atoms with Crippen LogP contribution >= 0.6 is 0 Å². The Morgan fingerprint density at radius 1 is 1.38 bits per heavy atom. The fourth-order valence-electron chi connectivity index (χ4n) is 2.80. The number of esters is 1. The van der Waals surface area contributed by atoms with E-state index in [1.165, 1.54) is 0 Å². The van der Waals surface area contributed by atoms with Crippen LogP contribution in [0.3, 0.4) is 0 Å². The minimum Gasteiger partial charge on any atom is -0.463 e. The van der Waals surface area contributed by atoms with Gasteiger partial charge in [-0.3, -0.25) is 4.79 Å². The van der Waals surface area contributed by atoms with Gasteiger partial charge in [0.25, 0.3) is 0 Å². The van der Waals surface area contributed by atoms with Crippen LogP contribution < -0.4 is 5.73 Å². The maximum Gasteiger partial charge on any atom is 0.315 e. The lowest BCUT2D eigenvalue weighted by Gasteiger charge is -2.23. The summed E-state index contributed by atoms with van der Waals surface area (Å²) in [5, 5.41) is 0. The maximum absolute atomic E-state index is 12.3. The minimum absolute atomic E-state index is 0.0836. The van der Waals surface area contributed by atoms with E-state index in [2.05, 4.69) is 0 Å². The number of carbonyl (C=O) groups is 2. The van der Waals surface area contributed by atoms with Gasteiger partial charge in [-0.15, -0.1) is 0 Å². The number of carbonyl (C=O) groups excluding carboxylic acids is 2. The zero-order chi connectivity index (χ0) is 15.2. The quantitative estimate of drug-likeness (QED) is 0.845. The molecule has 0 saturated carbocycles. The molecule has 0 aliphatic carbocycles. The molecule has 2 atom stereocenters. The summed E-state index contributed by atoms with van der Waals surface area (Å²) >= 11 is 0. The van der Waals surface area contributed by atoms with Crippen molar-refractivity contribution in [2.45, 2.75) is 38.1 Å². The van der Waals surface area contributed by atoms with E-state index < -0.39 is 6.03 Å². The van der Waals surface area contributed by atoms with Gasteiger partial charge in [-0.05, 0) is 24.8 Å². The third-order valence-electron chi connectivity index (χ3n) is 3.97. The van der Waals surface area contributed by atoms with Crippen molar-refractivity contribution in [1.29, 1.82) is 0 Å². The fraction of sp³-hybridized carbons (Fsp3) is 0.500. The molecular weight excluding hydrogens is 268 g/mol. The number of nitrogens with zero attached hydrogens (tertiary/aromatic N) is 1. The van der Waals surface area contributed by atoms with Crippen molar-refractivity contribution in [2.75, 3.05) is 13.2 Å². The van der Waals surface area contributed by atoms with Gasteiger partial charge in [-0.25, -0.2) is 4.79 Å². The van der Waals surface area contributed by atoms with E-state index in [9.17, 15) is 9.59 Å². The Kier molecular flexibility index (Phi) is 5.20. The molecule has 1 heterocycles. The van der Waals surface area contributed by atoms with Crippen LogP contribution in [-0.4, -0.2) is 36.1 Å². The van der Waals surface area contributed by atoms with Crippen LogP contribution in [-0.2, 0) is 9.53 Å². The van der Waals surface area contributed by atoms with Crippen LogP contribution in [0, 0.1) is 0 Å². The van der Waals surface area contributed by atoms with Gasteiger partial charge in [0.1, 0.15) is 6.61 Å². The Morgan fingerprint density at radius 3 is 2.71 bits per heavy atom. The molecule has 1 fully saturated rings. The summed E-state index contributed by atoms with van der Waals surface area (Å²) in [5.41, 5.74) is 6.28. The maximum atomic E-state index is 12.3. The van der Waals surface area contributed by atoms with Crippen molar-refractivity contribution in [3.63, 3.8) is 0 Å². The Hall–Kier alpha value is -2.04. The van der Waals surface area contributed by atoms with Gasteiger partial charge in [-0.1, -0.05) is 37.3 Å². The van der Waals surface area contributed by atoms with Crippen molar-refractivity contribution >= 4 is 12.0 Å². The molecule has 1 saturated heterocycles. The summed E-state index contributed by atoms with van der Waals surface area (Å²) < 4.78 is 5.43. The number of nitrogens with two attached hydrogens (primary N) is 1. The van der Waals surface area contributed by atoms with Gasteiger partial charge in [0.05, 0.1) is 12.0 Å². The lowest BCUT2D eigenvalue weighted by Crippen LogP contribution is -2.42. The Labute approximate surface area is 125 Å². The number of likely N-dealkylation sites (tertiary alicyclic amines) is 1. The van der Waals surface area contributed by atoms with E-state index >= 15 is 0 Å². The van der Waals surface area contributed by atoms with Gasteiger partial charge in [0, 0.05) is 6.54 Å². The third-order valence-corrected chi connectivity index (χ3v) is 3.97. The number of rotatable bonds is 5. The molecule has 1 aliphatic rings. The molecule has 1 aliphatic heterocycles. The number of primary amides is 1. The van der Waals surface area contributed by atoms with Crippen LogP contribution in [0.15, 0.2) is 30.3 Å². The highest BCUT2D eigenvalue weighted by molar-refractivity contribution is 5.78. The molecule has 21 heavy (non-hydrogen) atoms. The highest BCUT2D eigenvalue weighted by atomic mass is 16.5. The van der Waals surface area contributed by atoms with Crippen LogP contribution in [0.1, 0.15) is 37.7 Å². The molecule has 0 aromatic heterocycles. The van der Waals surface area contributed by atoms with Crippen LogP contribution in [0.2, 0.25) is 0 Å². The molecule has 0 spiro atoms. The molecule has 2 amide bonds. The number of hydrogen-bond acceptors (Lipinski definition) is 3. The monoisotopic (exact) mass is 290 g/mol. The minimum atomic E-state index is -0.441. The van der Waals surface area contributed by atoms with Gasteiger partial charge in [0.2, 0.25) is 0 Å². The summed E-state index contributed by atoms with van der Waals surface area (Å²) in [6.07, 6.45) is 2.42. The van der Waals surface area contributed by atoms with Crippen LogP contribution in [0.25, 0.3) is 0 Å². The Balaban J connectivity index is 1.93. The van der Waals surface area contributed by atoms with Crippen LogP contribution in [0.5, 0.6) is 0 Å². The molecule has 2 N–H and O–H groups in total. The Morgan fingerprint density at radius 2 is 2.10 bits per heavy atom. The normalized spacial score (nSPS) is 19.3. The smallest absolute Gasteiger partial charge is 0.315 e. The first-order chi connectivity index (χ1) is 10.1. The molecule has 5 heteroatoms. The molecule has 1 aromatic rings. The first-order valence-electron chi connectivity index (χ1n) is 7.41. The molecule has 2 unspecified atom stereocenters. The lowest BCUT2D eigenvalue weighted by atomic mass is 9.97. The number of amides is 2. The molecule has 2 rings (SSSR count). The zero-order valence-electron chi connectivity index (χ0n) is 12.3. The van der Waals surface area contributed by atoms with Crippen molar-refractivity contribution in [1.82, 2.24) is 4.90 Å². The number of benzene rings is 1. The topological polar surface area (TPSA) is 72.6 Å². The van der Waals surface area contributed by atoms with Crippen molar-refractivity contribution in [3.05, 3.63) is 35.9 Å². The van der Waals surface area contributed by atoms with Crippen molar-refractivity contribution in [2.24, 2.45) is 5.73 Å². The first-order valence-corrected chi connectivity index (χ1v) is 7.41. The first kappa shape index (κ1) is 15.4. The van der Waals surface area contributed by atoms with Crippen molar-refractivity contribution in [3.8, 4) is 0 Å². The summed E-state index contributed by atoms with van der Waals surface area (Å²) in [4.78, 5) is 25.1. The van der Waals surface area contributed by atoms with Gasteiger partial charge < -0.3 is 15.4 Å². The third kappa shape index (κ3) is 3.74. The molecule has 0 bridgehead atoms. The summed E-state index contributed by atoms with van der Waals surface area (Å²) in [6, 6.07) is 9.09. The highest BCUT2D eigenvalue weighted by Crippen LogP contribution is 2.22. The van der Waals surface area contributed by atoms with E-state index in [1.54, 1.807) is 4.90 Å². The van der Waals surface area contributed by atoms with E-state index in [0.29, 0.717) is 13.0 Å². The summed E-state index contributed by atoms with van der Waals surface area (Å²) in [7, 11) is 0. The SMILES string of the molecule is CCC(C(=O)OCC1CCCN1C(N)=O)c1ccccc1. The zero-order valence-corrected chi connectivity index (χ0v) is 12.3. The van der Waals surface area contributed by atoms with E-state index in [1.807, 2.05) is 37.3 Å². The molecule has 5 nitrogen and oxygen atoms in total. The van der Waals surface area contributed by atoms with Crippen molar-refractivity contribution < 1.29 is 14.3 Å². The molecular formula is C16H22N2O3. The Bertz CT molecular complexity index is 490. The van der Waals surface area contributed by atoms with E-state index in [0.717, 1.165) is 18.4 Å².